The maximum absolute atomic E-state index is 12.0. The maximum Gasteiger partial charge on any atom is 0.322 e. The van der Waals surface area contributed by atoms with E-state index in [4.69, 9.17) is 5.11 Å². The van der Waals surface area contributed by atoms with Crippen molar-refractivity contribution in [2.45, 2.75) is 6.04 Å². The number of halogens is 1. The van der Waals surface area contributed by atoms with E-state index in [0.717, 1.165) is 4.47 Å². The third-order valence-corrected chi connectivity index (χ3v) is 3.47. The summed E-state index contributed by atoms with van der Waals surface area (Å²) in [7, 11) is 1.65. The maximum atomic E-state index is 12.0. The monoisotopic (exact) mass is 312 g/mol. The number of carboxylic acids is 1. The van der Waals surface area contributed by atoms with E-state index in [9.17, 15) is 9.59 Å². The Hall–Kier alpha value is -1.40. The molecule has 1 fully saturated rings. The van der Waals surface area contributed by atoms with Crippen LogP contribution in [-0.4, -0.2) is 48.1 Å². The fourth-order valence-electron chi connectivity index (χ4n) is 1.98. The minimum atomic E-state index is -0.912. The highest BCUT2D eigenvalue weighted by molar-refractivity contribution is 9.10. The van der Waals surface area contributed by atoms with Crippen LogP contribution in [0, 0.1) is 0 Å². The number of benzene rings is 1. The van der Waals surface area contributed by atoms with Crippen LogP contribution in [0.3, 0.4) is 0 Å². The van der Waals surface area contributed by atoms with Gasteiger partial charge in [-0.15, -0.1) is 0 Å². The molecule has 18 heavy (non-hydrogen) atoms. The Bertz CT molecular complexity index is 492. The Balaban J connectivity index is 2.27. The number of carboxylic acid groups (broad SMARTS) is 1. The lowest BCUT2D eigenvalue weighted by molar-refractivity contribution is -0.144. The number of carbonyl (C=O) groups is 2. The van der Waals surface area contributed by atoms with Crippen LogP contribution < -0.4 is 4.90 Å². The first-order chi connectivity index (χ1) is 8.49. The standard InChI is InChI=1S/C12H13BrN2O3/c1-14-7-11(16)15(6-10(14)12(17)18)9-4-2-3-8(13)5-9/h2-5,10H,6-7H2,1H3,(H,17,18). The second-order valence-electron chi connectivity index (χ2n) is 4.25. The molecule has 0 aliphatic carbocycles. The molecular formula is C12H13BrN2O3. The predicted molar refractivity (Wildman–Crippen MR) is 70.5 cm³/mol. The molecule has 1 aliphatic rings. The zero-order valence-electron chi connectivity index (χ0n) is 9.84. The molecule has 1 aromatic rings. The van der Waals surface area contributed by atoms with Gasteiger partial charge in [0.15, 0.2) is 0 Å². The summed E-state index contributed by atoms with van der Waals surface area (Å²) in [5.41, 5.74) is 0.716. The molecule has 0 radical (unpaired) electrons. The van der Waals surface area contributed by atoms with Crippen LogP contribution >= 0.6 is 15.9 Å². The molecule has 1 heterocycles. The summed E-state index contributed by atoms with van der Waals surface area (Å²) in [5.74, 6) is -1.00. The average molecular weight is 313 g/mol. The van der Waals surface area contributed by atoms with Crippen molar-refractivity contribution in [2.75, 3.05) is 25.0 Å². The summed E-state index contributed by atoms with van der Waals surface area (Å²) in [6.45, 7) is 0.282. The molecule has 6 heteroatoms. The van der Waals surface area contributed by atoms with Crippen molar-refractivity contribution in [1.29, 1.82) is 0 Å². The van der Waals surface area contributed by atoms with Gasteiger partial charge in [-0.25, -0.2) is 0 Å². The van der Waals surface area contributed by atoms with E-state index in [1.54, 1.807) is 18.0 Å². The minimum absolute atomic E-state index is 0.0897. The SMILES string of the molecule is CN1CC(=O)N(c2cccc(Br)c2)CC1C(=O)O. The van der Waals surface area contributed by atoms with Gasteiger partial charge >= 0.3 is 5.97 Å². The largest absolute Gasteiger partial charge is 0.480 e. The van der Waals surface area contributed by atoms with Crippen LogP contribution in [-0.2, 0) is 9.59 Å². The number of carbonyl (C=O) groups excluding carboxylic acids is 1. The summed E-state index contributed by atoms with van der Waals surface area (Å²) >= 11 is 3.34. The highest BCUT2D eigenvalue weighted by atomic mass is 79.9. The van der Waals surface area contributed by atoms with Crippen LogP contribution in [0.1, 0.15) is 0 Å². The van der Waals surface area contributed by atoms with Crippen molar-refractivity contribution in [1.82, 2.24) is 4.90 Å². The number of nitrogens with zero attached hydrogens (tertiary/aromatic N) is 2. The van der Waals surface area contributed by atoms with Gasteiger partial charge in [-0.05, 0) is 25.2 Å². The molecule has 0 bridgehead atoms. The van der Waals surface area contributed by atoms with Crippen molar-refractivity contribution in [2.24, 2.45) is 0 Å². The van der Waals surface area contributed by atoms with Gasteiger partial charge in [-0.3, -0.25) is 14.5 Å². The summed E-state index contributed by atoms with van der Waals surface area (Å²) < 4.78 is 0.860. The second-order valence-corrected chi connectivity index (χ2v) is 5.17. The molecule has 1 unspecified atom stereocenters. The molecule has 1 saturated heterocycles. The Labute approximate surface area is 113 Å². The van der Waals surface area contributed by atoms with Gasteiger partial charge in [0, 0.05) is 10.2 Å². The Morgan fingerprint density at radius 2 is 2.22 bits per heavy atom. The quantitative estimate of drug-likeness (QED) is 0.891. The first-order valence-corrected chi connectivity index (χ1v) is 6.27. The number of anilines is 1. The zero-order chi connectivity index (χ0) is 13.3. The third kappa shape index (κ3) is 2.54. The molecule has 1 aliphatic heterocycles. The number of hydrogen-bond donors (Lipinski definition) is 1. The van der Waals surface area contributed by atoms with Crippen molar-refractivity contribution in [3.05, 3.63) is 28.7 Å². The number of piperazine rings is 1. The molecule has 1 aromatic carbocycles. The van der Waals surface area contributed by atoms with E-state index in [1.165, 1.54) is 4.90 Å². The van der Waals surface area contributed by atoms with Gasteiger partial charge in [-0.1, -0.05) is 22.0 Å². The lowest BCUT2D eigenvalue weighted by Gasteiger charge is -2.36. The van der Waals surface area contributed by atoms with Crippen molar-refractivity contribution in [3.8, 4) is 0 Å². The average Bonchev–Trinajstić information content (AvgIpc) is 2.28. The molecular weight excluding hydrogens is 300 g/mol. The smallest absolute Gasteiger partial charge is 0.322 e. The van der Waals surface area contributed by atoms with E-state index in [2.05, 4.69) is 15.9 Å². The van der Waals surface area contributed by atoms with E-state index in [-0.39, 0.29) is 19.0 Å². The fourth-order valence-corrected chi connectivity index (χ4v) is 2.37. The van der Waals surface area contributed by atoms with Gasteiger partial charge in [0.05, 0.1) is 13.1 Å². The van der Waals surface area contributed by atoms with E-state index in [0.29, 0.717) is 5.69 Å². The number of amides is 1. The molecule has 5 nitrogen and oxygen atoms in total. The van der Waals surface area contributed by atoms with Crippen molar-refractivity contribution < 1.29 is 14.7 Å². The van der Waals surface area contributed by atoms with Gasteiger partial charge in [0.1, 0.15) is 6.04 Å². The van der Waals surface area contributed by atoms with Crippen LogP contribution in [0.25, 0.3) is 0 Å². The Morgan fingerprint density at radius 3 is 2.83 bits per heavy atom. The van der Waals surface area contributed by atoms with Gasteiger partial charge in [-0.2, -0.15) is 0 Å². The zero-order valence-corrected chi connectivity index (χ0v) is 11.4. The lowest BCUT2D eigenvalue weighted by atomic mass is 10.1. The molecule has 0 aromatic heterocycles. The number of hydrogen-bond acceptors (Lipinski definition) is 3. The van der Waals surface area contributed by atoms with Gasteiger partial charge in [0.25, 0.3) is 0 Å². The van der Waals surface area contributed by atoms with Crippen LogP contribution in [0.5, 0.6) is 0 Å². The lowest BCUT2D eigenvalue weighted by Crippen LogP contribution is -2.57. The second kappa shape index (κ2) is 5.07. The van der Waals surface area contributed by atoms with E-state index < -0.39 is 12.0 Å². The molecule has 96 valence electrons. The molecule has 0 saturated carbocycles. The van der Waals surface area contributed by atoms with Gasteiger partial charge in [0.2, 0.25) is 5.91 Å². The van der Waals surface area contributed by atoms with Gasteiger partial charge < -0.3 is 10.0 Å². The number of aliphatic carboxylic acids is 1. The van der Waals surface area contributed by atoms with Crippen molar-refractivity contribution in [3.63, 3.8) is 0 Å². The summed E-state index contributed by atoms with van der Waals surface area (Å²) in [6.07, 6.45) is 0. The van der Waals surface area contributed by atoms with Crippen LogP contribution in [0.2, 0.25) is 0 Å². The van der Waals surface area contributed by atoms with Crippen molar-refractivity contribution >= 4 is 33.5 Å². The summed E-state index contributed by atoms with van der Waals surface area (Å²) in [4.78, 5) is 26.2. The topological polar surface area (TPSA) is 60.9 Å². The van der Waals surface area contributed by atoms with Crippen LogP contribution in [0.4, 0.5) is 5.69 Å². The highest BCUT2D eigenvalue weighted by Gasteiger charge is 2.34. The normalized spacial score (nSPS) is 21.1. The number of likely N-dealkylation sites (N-methyl/N-ethyl adjacent to an activating group) is 1. The molecule has 1 atom stereocenters. The molecule has 1 amide bonds. The number of rotatable bonds is 2. The minimum Gasteiger partial charge on any atom is -0.480 e. The first-order valence-electron chi connectivity index (χ1n) is 5.48. The van der Waals surface area contributed by atoms with Crippen LogP contribution in [0.15, 0.2) is 28.7 Å². The Kier molecular flexibility index (Phi) is 3.68. The van der Waals surface area contributed by atoms with E-state index in [1.807, 2.05) is 18.2 Å². The fraction of sp³-hybridized carbons (Fsp3) is 0.333. The van der Waals surface area contributed by atoms with E-state index >= 15 is 0 Å². The molecule has 0 spiro atoms. The first kappa shape index (κ1) is 13.0. The predicted octanol–water partition coefficient (Wildman–Crippen LogP) is 1.18. The molecule has 1 N–H and O–H groups in total. The Morgan fingerprint density at radius 1 is 1.50 bits per heavy atom. The third-order valence-electron chi connectivity index (χ3n) is 2.98. The highest BCUT2D eigenvalue weighted by Crippen LogP contribution is 2.23. The summed E-state index contributed by atoms with van der Waals surface area (Å²) in [5, 5.41) is 9.13. The molecule has 2 rings (SSSR count). The summed E-state index contributed by atoms with van der Waals surface area (Å²) in [6, 6.07) is 6.62.